The fraction of sp³-hybridized carbons (Fsp3) is 0.833. The summed E-state index contributed by atoms with van der Waals surface area (Å²) in [5.41, 5.74) is 0. The summed E-state index contributed by atoms with van der Waals surface area (Å²) in [5.74, 6) is 3.84. The third-order valence-corrected chi connectivity index (χ3v) is 13.5. The van der Waals surface area contributed by atoms with Crippen LogP contribution in [0.5, 0.6) is 0 Å². The first-order chi connectivity index (χ1) is 18.3. The van der Waals surface area contributed by atoms with Crippen LogP contribution in [0, 0.1) is 0 Å². The molecular formula is C18H35N3O6S10. The second kappa shape index (κ2) is 35.8. The second-order valence-corrected chi connectivity index (χ2v) is 17.6. The number of amides is 1. The molecule has 0 aromatic rings. The largest absolute Gasteiger partial charge is 0.396 e. The van der Waals surface area contributed by atoms with Gasteiger partial charge in [0, 0.05) is 42.0 Å². The van der Waals surface area contributed by atoms with Gasteiger partial charge in [0.05, 0.1) is 24.2 Å². The van der Waals surface area contributed by atoms with Crippen molar-refractivity contribution in [2.45, 2.75) is 0 Å². The zero-order chi connectivity index (χ0) is 26.9. The number of hydrogen-bond acceptors (Lipinski definition) is 18. The number of carbonyl (C=O) groups is 1. The number of rotatable bonds is 29. The SMILES string of the molecule is CSCSC/N=C\OOCSCSCSCSC(=O)NCSCSCSC/N=C/OOCCSCCO. The molecule has 0 bridgehead atoms. The summed E-state index contributed by atoms with van der Waals surface area (Å²) in [6.07, 6.45) is 4.71. The summed E-state index contributed by atoms with van der Waals surface area (Å²) >= 11 is 16.7. The molecule has 0 aliphatic carbocycles. The Balaban J connectivity index is 3.22. The third-order valence-electron chi connectivity index (χ3n) is 2.84. The van der Waals surface area contributed by atoms with Crippen molar-refractivity contribution in [3.8, 4) is 0 Å². The van der Waals surface area contributed by atoms with Crippen LogP contribution in [-0.4, -0.2) is 108 Å². The predicted octanol–water partition coefficient (Wildman–Crippen LogP) is 6.18. The molecule has 37 heavy (non-hydrogen) atoms. The van der Waals surface area contributed by atoms with Crippen LogP contribution >= 0.6 is 118 Å². The molecule has 0 aromatic heterocycles. The maximum atomic E-state index is 11.8. The highest BCUT2D eigenvalue weighted by Gasteiger charge is 2.02. The molecule has 19 heteroatoms. The predicted molar refractivity (Wildman–Crippen MR) is 182 cm³/mol. The van der Waals surface area contributed by atoms with Gasteiger partial charge in [0.1, 0.15) is 12.5 Å². The standard InChI is InChI=1S/C18H35N3O6S10/c1-28-12-30-8-20-7-26-27-11-33-15-35-16-36-17-37-18(23)21-10-32-14-34-13-31-9-19-6-25-24-3-5-29-4-2-22/h6-7,22H,2-5,8-17H2,1H3,(H,21,23)/b19-6+,20-7-. The van der Waals surface area contributed by atoms with Crippen molar-refractivity contribution in [2.24, 2.45) is 9.98 Å². The molecule has 1 amide bonds. The van der Waals surface area contributed by atoms with Crippen LogP contribution in [0.2, 0.25) is 0 Å². The molecule has 0 saturated carbocycles. The van der Waals surface area contributed by atoms with Crippen LogP contribution < -0.4 is 5.32 Å². The highest BCUT2D eigenvalue weighted by molar-refractivity contribution is 8.29. The topological polar surface area (TPSA) is 111 Å². The average molecular weight is 710 g/mol. The second-order valence-electron chi connectivity index (χ2n) is 5.60. The zero-order valence-corrected chi connectivity index (χ0v) is 28.7. The highest BCUT2D eigenvalue weighted by atomic mass is 32.3. The van der Waals surface area contributed by atoms with E-state index in [1.54, 1.807) is 106 Å². The number of nitrogens with one attached hydrogen (secondary N) is 1. The van der Waals surface area contributed by atoms with E-state index in [0.29, 0.717) is 35.9 Å². The van der Waals surface area contributed by atoms with Gasteiger partial charge in [0.2, 0.25) is 12.8 Å². The Kier molecular flexibility index (Phi) is 37.5. The monoisotopic (exact) mass is 709 g/mol. The highest BCUT2D eigenvalue weighted by Crippen LogP contribution is 2.22. The van der Waals surface area contributed by atoms with E-state index in [4.69, 9.17) is 24.7 Å². The minimum atomic E-state index is 0.0151. The molecule has 0 aliphatic rings. The van der Waals surface area contributed by atoms with E-state index >= 15 is 0 Å². The van der Waals surface area contributed by atoms with Crippen LogP contribution in [0.4, 0.5) is 4.79 Å². The van der Waals surface area contributed by atoms with Crippen LogP contribution in [0.1, 0.15) is 0 Å². The fourth-order valence-electron chi connectivity index (χ4n) is 1.48. The van der Waals surface area contributed by atoms with E-state index in [1.807, 2.05) is 0 Å². The number of nitrogens with zero attached hydrogens (tertiary/aromatic N) is 2. The maximum absolute atomic E-state index is 11.8. The lowest BCUT2D eigenvalue weighted by Gasteiger charge is -2.05. The molecule has 218 valence electrons. The number of aliphatic hydroxyl groups excluding tert-OH is 1. The van der Waals surface area contributed by atoms with Crippen molar-refractivity contribution in [3.63, 3.8) is 0 Å². The van der Waals surface area contributed by atoms with E-state index in [-0.39, 0.29) is 11.8 Å². The van der Waals surface area contributed by atoms with Crippen molar-refractivity contribution in [1.29, 1.82) is 0 Å². The summed E-state index contributed by atoms with van der Waals surface area (Å²) in [4.78, 5) is 39.6. The van der Waals surface area contributed by atoms with Crippen molar-refractivity contribution in [2.75, 3.05) is 85.1 Å². The minimum absolute atomic E-state index is 0.0151. The first-order valence-electron chi connectivity index (χ1n) is 10.5. The Morgan fingerprint density at radius 3 is 2.19 bits per heavy atom. The molecule has 0 heterocycles. The van der Waals surface area contributed by atoms with Crippen LogP contribution in [0.25, 0.3) is 0 Å². The van der Waals surface area contributed by atoms with Crippen LogP contribution in [0.3, 0.4) is 0 Å². The first kappa shape index (κ1) is 38.8. The lowest BCUT2D eigenvalue weighted by molar-refractivity contribution is -0.210. The molecular weight excluding hydrogens is 675 g/mol. The fourth-order valence-corrected chi connectivity index (χ4v) is 10.1. The van der Waals surface area contributed by atoms with E-state index in [9.17, 15) is 4.79 Å². The number of aliphatic imine (C=N–C) groups is 2. The molecule has 0 saturated heterocycles. The molecule has 2 N–H and O–H groups in total. The van der Waals surface area contributed by atoms with Crippen molar-refractivity contribution >= 4 is 136 Å². The van der Waals surface area contributed by atoms with Crippen molar-refractivity contribution < 1.29 is 29.5 Å². The van der Waals surface area contributed by atoms with Gasteiger partial charge in [0.25, 0.3) is 5.24 Å². The normalized spacial score (nSPS) is 11.5. The smallest absolute Gasteiger partial charge is 0.280 e. The van der Waals surface area contributed by atoms with Gasteiger partial charge in [0.15, 0.2) is 0 Å². The lowest BCUT2D eigenvalue weighted by atomic mass is 10.9. The molecule has 0 fully saturated rings. The van der Waals surface area contributed by atoms with Crippen molar-refractivity contribution in [1.82, 2.24) is 5.32 Å². The quantitative estimate of drug-likeness (QED) is 0.0230. The molecule has 9 nitrogen and oxygen atoms in total. The zero-order valence-electron chi connectivity index (χ0n) is 20.5. The summed E-state index contributed by atoms with van der Waals surface area (Å²) in [6.45, 7) is 0.642. The Hall–Kier alpha value is 1.79. The molecule has 0 aromatic carbocycles. The van der Waals surface area contributed by atoms with Crippen molar-refractivity contribution in [3.05, 3.63) is 0 Å². The van der Waals surface area contributed by atoms with Gasteiger partial charge >= 0.3 is 0 Å². The first-order valence-corrected chi connectivity index (χ1v) is 22.1. The minimum Gasteiger partial charge on any atom is -0.396 e. The summed E-state index contributed by atoms with van der Waals surface area (Å²) < 4.78 is 0. The van der Waals surface area contributed by atoms with E-state index in [0.717, 1.165) is 36.3 Å². The Morgan fingerprint density at radius 2 is 1.43 bits per heavy atom. The molecule has 0 atom stereocenters. The average Bonchev–Trinajstić information content (AvgIpc) is 2.90. The summed E-state index contributed by atoms with van der Waals surface area (Å²) in [7, 11) is 0. The van der Waals surface area contributed by atoms with Gasteiger partial charge in [-0.05, 0) is 6.26 Å². The van der Waals surface area contributed by atoms with Gasteiger partial charge < -0.3 is 20.2 Å². The Bertz CT molecular complexity index is 546. The third kappa shape index (κ3) is 35.8. The number of carbonyl (C=O) groups excluding carboxylic acids is 1. The Labute approximate surface area is 263 Å². The summed E-state index contributed by atoms with van der Waals surface area (Å²) in [5, 5.41) is 17.0. The van der Waals surface area contributed by atoms with E-state index in [1.165, 1.54) is 24.6 Å². The molecule has 0 spiro atoms. The summed E-state index contributed by atoms with van der Waals surface area (Å²) in [6, 6.07) is 0. The van der Waals surface area contributed by atoms with Crippen LogP contribution in [-0.2, 0) is 19.6 Å². The molecule has 0 radical (unpaired) electrons. The van der Waals surface area contributed by atoms with E-state index in [2.05, 4.69) is 21.6 Å². The van der Waals surface area contributed by atoms with Gasteiger partial charge in [-0.2, -0.15) is 33.3 Å². The number of aliphatic hydroxyl groups is 1. The van der Waals surface area contributed by atoms with E-state index < -0.39 is 0 Å². The van der Waals surface area contributed by atoms with Crippen LogP contribution in [0.15, 0.2) is 9.98 Å². The molecule has 0 rings (SSSR count). The Morgan fingerprint density at radius 1 is 0.784 bits per heavy atom. The number of thioether (sulfide) groups is 10. The van der Waals surface area contributed by atoms with Gasteiger partial charge in [-0.1, -0.05) is 11.8 Å². The van der Waals surface area contributed by atoms with Gasteiger partial charge in [-0.25, -0.2) is 9.98 Å². The van der Waals surface area contributed by atoms with Gasteiger partial charge in [-0.3, -0.25) is 4.79 Å². The maximum Gasteiger partial charge on any atom is 0.280 e. The lowest BCUT2D eigenvalue weighted by Crippen LogP contribution is -2.17. The van der Waals surface area contributed by atoms with Gasteiger partial charge in [-0.15, -0.1) is 82.3 Å². The molecule has 0 unspecified atom stereocenters. The number of hydrogen-bond donors (Lipinski definition) is 2. The molecule has 0 aliphatic heterocycles.